The molecule has 172 valence electrons. The fraction of sp³-hybridized carbons (Fsp3) is 0.280. The van der Waals surface area contributed by atoms with E-state index in [1.807, 2.05) is 24.3 Å². The van der Waals surface area contributed by atoms with Gasteiger partial charge in [0.25, 0.3) is 0 Å². The van der Waals surface area contributed by atoms with E-state index in [2.05, 4.69) is 4.98 Å². The molecule has 1 fully saturated rings. The number of sulfonamides is 1. The van der Waals surface area contributed by atoms with Crippen molar-refractivity contribution < 1.29 is 22.7 Å². The molecular weight excluding hydrogens is 440 g/mol. The molecule has 0 bridgehead atoms. The predicted molar refractivity (Wildman–Crippen MR) is 126 cm³/mol. The van der Waals surface area contributed by atoms with Crippen LogP contribution in [-0.2, 0) is 19.6 Å². The van der Waals surface area contributed by atoms with E-state index < -0.39 is 16.0 Å². The molecule has 0 unspecified atom stereocenters. The van der Waals surface area contributed by atoms with Crippen molar-refractivity contribution in [3.63, 3.8) is 0 Å². The normalized spacial score (nSPS) is 15.5. The predicted octanol–water partition coefficient (Wildman–Crippen LogP) is 4.17. The van der Waals surface area contributed by atoms with E-state index in [9.17, 15) is 18.0 Å². The number of rotatable bonds is 7. The fourth-order valence-electron chi connectivity index (χ4n) is 3.91. The Kier molecular flexibility index (Phi) is 7.05. The number of esters is 1. The van der Waals surface area contributed by atoms with Crippen LogP contribution < -0.4 is 0 Å². The second-order valence-corrected chi connectivity index (χ2v) is 9.94. The lowest BCUT2D eigenvalue weighted by molar-refractivity contribution is -0.136. The van der Waals surface area contributed by atoms with Gasteiger partial charge in [0.1, 0.15) is 0 Å². The Morgan fingerprint density at radius 3 is 2.39 bits per heavy atom. The first-order valence-corrected chi connectivity index (χ1v) is 12.4. The topological polar surface area (TPSA) is 96.5 Å². The molecule has 1 N–H and O–H groups in total. The lowest BCUT2D eigenvalue weighted by Gasteiger charge is -2.19. The number of para-hydroxylation sites is 1. The molecule has 33 heavy (non-hydrogen) atoms. The third kappa shape index (κ3) is 5.40. The summed E-state index contributed by atoms with van der Waals surface area (Å²) >= 11 is 0. The Bertz CT molecular complexity index is 1270. The molecule has 0 aliphatic carbocycles. The monoisotopic (exact) mass is 466 g/mol. The summed E-state index contributed by atoms with van der Waals surface area (Å²) in [6, 6.07) is 13.8. The summed E-state index contributed by atoms with van der Waals surface area (Å²) in [5.41, 5.74) is 1.97. The molecule has 3 aromatic rings. The third-order valence-corrected chi connectivity index (χ3v) is 7.64. The summed E-state index contributed by atoms with van der Waals surface area (Å²) in [6.45, 7) is 0.734. The summed E-state index contributed by atoms with van der Waals surface area (Å²) < 4.78 is 32.3. The molecule has 2 aromatic carbocycles. The van der Waals surface area contributed by atoms with Crippen LogP contribution in [0.25, 0.3) is 17.0 Å². The van der Waals surface area contributed by atoms with Gasteiger partial charge < -0.3 is 9.72 Å². The SMILES string of the molecule is O=C(/C=C/c1ccc(S(=O)(=O)N2CCCCCC2)cc1)OCC(=O)c1c[nH]c2ccccc12. The van der Waals surface area contributed by atoms with E-state index in [1.165, 1.54) is 12.2 Å². The van der Waals surface area contributed by atoms with Gasteiger partial charge in [-0.3, -0.25) is 4.79 Å². The first-order valence-electron chi connectivity index (χ1n) is 11.0. The molecule has 0 radical (unpaired) electrons. The van der Waals surface area contributed by atoms with Gasteiger partial charge in [0.15, 0.2) is 6.61 Å². The number of fused-ring (bicyclic) bond motifs is 1. The molecule has 0 spiro atoms. The first-order chi connectivity index (χ1) is 15.9. The fourth-order valence-corrected chi connectivity index (χ4v) is 5.43. The number of hydrogen-bond acceptors (Lipinski definition) is 5. The lowest BCUT2D eigenvalue weighted by atomic mass is 10.1. The second-order valence-electron chi connectivity index (χ2n) is 8.00. The highest BCUT2D eigenvalue weighted by molar-refractivity contribution is 7.89. The van der Waals surface area contributed by atoms with Crippen LogP contribution in [0.1, 0.15) is 41.6 Å². The van der Waals surface area contributed by atoms with Crippen LogP contribution in [-0.4, -0.2) is 49.2 Å². The molecule has 7 nitrogen and oxygen atoms in total. The van der Waals surface area contributed by atoms with E-state index in [0.29, 0.717) is 24.2 Å². The summed E-state index contributed by atoms with van der Waals surface area (Å²) in [7, 11) is -3.51. The van der Waals surface area contributed by atoms with E-state index in [0.717, 1.165) is 36.6 Å². The number of ether oxygens (including phenoxy) is 1. The number of aromatic nitrogens is 1. The van der Waals surface area contributed by atoms with Crippen LogP contribution in [0.4, 0.5) is 0 Å². The van der Waals surface area contributed by atoms with E-state index in [-0.39, 0.29) is 17.3 Å². The van der Waals surface area contributed by atoms with Crippen molar-refractivity contribution >= 4 is 38.8 Å². The zero-order valence-electron chi connectivity index (χ0n) is 18.2. The van der Waals surface area contributed by atoms with Gasteiger partial charge in [-0.2, -0.15) is 4.31 Å². The van der Waals surface area contributed by atoms with Crippen molar-refractivity contribution in [2.75, 3.05) is 19.7 Å². The number of H-pyrrole nitrogens is 1. The Hall–Kier alpha value is -3.23. The number of ketones is 1. The minimum absolute atomic E-state index is 0.244. The standard InChI is InChI=1S/C25H26N2O5S/c28-24(22-17-26-23-8-4-3-7-21(22)23)18-32-25(29)14-11-19-9-12-20(13-10-19)33(30,31)27-15-5-1-2-6-16-27/h3-4,7-14,17,26H,1-2,5-6,15-16,18H2/b14-11+. The maximum Gasteiger partial charge on any atom is 0.331 e. The van der Waals surface area contributed by atoms with Gasteiger partial charge in [0.2, 0.25) is 15.8 Å². The lowest BCUT2D eigenvalue weighted by Crippen LogP contribution is -2.31. The van der Waals surface area contributed by atoms with E-state index in [1.54, 1.807) is 34.8 Å². The maximum absolute atomic E-state index is 12.8. The minimum Gasteiger partial charge on any atom is -0.454 e. The second kappa shape index (κ2) is 10.1. The highest BCUT2D eigenvalue weighted by atomic mass is 32.2. The number of Topliss-reactive ketones (excluding diaryl/α,β-unsaturated/α-hetero) is 1. The van der Waals surface area contributed by atoms with Gasteiger partial charge in [-0.05, 0) is 42.7 Å². The van der Waals surface area contributed by atoms with Crippen molar-refractivity contribution in [1.82, 2.24) is 9.29 Å². The van der Waals surface area contributed by atoms with Crippen molar-refractivity contribution in [3.05, 3.63) is 71.9 Å². The van der Waals surface area contributed by atoms with Crippen LogP contribution >= 0.6 is 0 Å². The molecule has 1 saturated heterocycles. The number of nitrogens with zero attached hydrogens (tertiary/aromatic N) is 1. The quantitative estimate of drug-likeness (QED) is 0.320. The molecule has 0 saturated carbocycles. The molecular formula is C25H26N2O5S. The van der Waals surface area contributed by atoms with Crippen LogP contribution in [0.15, 0.2) is 65.7 Å². The maximum atomic E-state index is 12.8. The van der Waals surface area contributed by atoms with Gasteiger partial charge in [0, 0.05) is 41.8 Å². The number of carbonyl (C=O) groups is 2. The number of benzene rings is 2. The van der Waals surface area contributed by atoms with Crippen molar-refractivity contribution in [3.8, 4) is 0 Å². The van der Waals surface area contributed by atoms with Gasteiger partial charge in [-0.1, -0.05) is 43.2 Å². The molecule has 0 amide bonds. The number of nitrogens with one attached hydrogen (secondary N) is 1. The molecule has 1 aliphatic rings. The van der Waals surface area contributed by atoms with Crippen LogP contribution in [0.2, 0.25) is 0 Å². The van der Waals surface area contributed by atoms with Gasteiger partial charge in [-0.25, -0.2) is 13.2 Å². The molecule has 2 heterocycles. The zero-order valence-corrected chi connectivity index (χ0v) is 19.0. The van der Waals surface area contributed by atoms with E-state index in [4.69, 9.17) is 4.74 Å². The van der Waals surface area contributed by atoms with Crippen molar-refractivity contribution in [2.45, 2.75) is 30.6 Å². The Balaban J connectivity index is 1.34. The highest BCUT2D eigenvalue weighted by Crippen LogP contribution is 2.21. The summed E-state index contributed by atoms with van der Waals surface area (Å²) in [4.78, 5) is 27.7. The Morgan fingerprint density at radius 2 is 1.67 bits per heavy atom. The highest BCUT2D eigenvalue weighted by Gasteiger charge is 2.24. The molecule has 4 rings (SSSR count). The zero-order chi connectivity index (χ0) is 23.3. The van der Waals surface area contributed by atoms with Crippen LogP contribution in [0.5, 0.6) is 0 Å². The number of hydrogen-bond donors (Lipinski definition) is 1. The van der Waals surface area contributed by atoms with E-state index >= 15 is 0 Å². The number of carbonyl (C=O) groups excluding carboxylic acids is 2. The molecule has 8 heteroatoms. The average Bonchev–Trinajstić information content (AvgIpc) is 3.06. The Morgan fingerprint density at radius 1 is 0.970 bits per heavy atom. The third-order valence-electron chi connectivity index (χ3n) is 5.73. The van der Waals surface area contributed by atoms with Gasteiger partial charge in [-0.15, -0.1) is 0 Å². The molecule has 1 aromatic heterocycles. The summed E-state index contributed by atoms with van der Waals surface area (Å²) in [5, 5.41) is 0.782. The molecule has 1 aliphatic heterocycles. The number of aromatic amines is 1. The first kappa shape index (κ1) is 22.9. The van der Waals surface area contributed by atoms with Crippen LogP contribution in [0, 0.1) is 0 Å². The average molecular weight is 467 g/mol. The largest absolute Gasteiger partial charge is 0.454 e. The van der Waals surface area contributed by atoms with Gasteiger partial charge in [0.05, 0.1) is 4.90 Å². The summed E-state index contributed by atoms with van der Waals surface area (Å²) in [6.07, 6.45) is 8.23. The minimum atomic E-state index is -3.51. The van der Waals surface area contributed by atoms with Crippen molar-refractivity contribution in [1.29, 1.82) is 0 Å². The molecule has 0 atom stereocenters. The van der Waals surface area contributed by atoms with Gasteiger partial charge >= 0.3 is 5.97 Å². The van der Waals surface area contributed by atoms with Crippen molar-refractivity contribution in [2.24, 2.45) is 0 Å². The summed E-state index contributed by atoms with van der Waals surface area (Å²) in [5.74, 6) is -0.943. The van der Waals surface area contributed by atoms with Crippen LogP contribution in [0.3, 0.4) is 0 Å². The Labute approximate surface area is 193 Å². The smallest absolute Gasteiger partial charge is 0.331 e.